The molecule has 0 saturated carbocycles. The van der Waals surface area contributed by atoms with Gasteiger partial charge in [0.15, 0.2) is 0 Å². The summed E-state index contributed by atoms with van der Waals surface area (Å²) in [5, 5.41) is 9.45. The Kier molecular flexibility index (Phi) is 4.14. The summed E-state index contributed by atoms with van der Waals surface area (Å²) in [4.78, 5) is 6.21. The minimum absolute atomic E-state index is 0.476. The van der Waals surface area contributed by atoms with Crippen LogP contribution < -0.4 is 4.90 Å². The quantitative estimate of drug-likeness (QED) is 0.757. The van der Waals surface area contributed by atoms with E-state index in [9.17, 15) is 5.11 Å². The molecule has 1 N–H and O–H groups in total. The molecular formula is C12H16N2O. The zero-order chi connectivity index (χ0) is 11.3. The number of aromatic nitrogens is 1. The molecule has 0 amide bonds. The van der Waals surface area contributed by atoms with E-state index in [0.29, 0.717) is 6.54 Å². The van der Waals surface area contributed by atoms with E-state index in [1.807, 2.05) is 17.9 Å². The van der Waals surface area contributed by atoms with Crippen molar-refractivity contribution in [2.45, 2.75) is 20.0 Å². The van der Waals surface area contributed by atoms with Crippen molar-refractivity contribution in [2.75, 3.05) is 18.0 Å². The number of aliphatic hydroxyl groups excluding tert-OH is 1. The summed E-state index contributed by atoms with van der Waals surface area (Å²) in [6.07, 6.45) is 6.49. The summed E-state index contributed by atoms with van der Waals surface area (Å²) in [5.41, 5.74) is 0.857. The molecule has 1 heterocycles. The Morgan fingerprint density at radius 2 is 2.40 bits per heavy atom. The second-order valence-electron chi connectivity index (χ2n) is 3.34. The molecule has 1 aromatic rings. The van der Waals surface area contributed by atoms with E-state index >= 15 is 0 Å². The first-order valence-corrected chi connectivity index (χ1v) is 5.01. The lowest BCUT2D eigenvalue weighted by Gasteiger charge is -2.19. The fourth-order valence-electron chi connectivity index (χ4n) is 1.33. The predicted octanol–water partition coefficient (Wildman–Crippen LogP) is 1.59. The Labute approximate surface area is 90.8 Å². The molecule has 0 aliphatic rings. The number of rotatable bonds is 4. The maximum Gasteiger partial charge on any atom is 0.129 e. The fraction of sp³-hybridized carbons (Fsp3) is 0.417. The van der Waals surface area contributed by atoms with Gasteiger partial charge in [0.1, 0.15) is 5.82 Å². The van der Waals surface area contributed by atoms with E-state index in [-0.39, 0.29) is 0 Å². The van der Waals surface area contributed by atoms with Gasteiger partial charge in [-0.1, -0.05) is 5.92 Å². The summed E-state index contributed by atoms with van der Waals surface area (Å²) >= 11 is 0. The van der Waals surface area contributed by atoms with Gasteiger partial charge in [-0.2, -0.15) is 0 Å². The molecule has 0 spiro atoms. The maximum absolute atomic E-state index is 9.45. The van der Waals surface area contributed by atoms with Crippen LogP contribution in [0.4, 0.5) is 5.82 Å². The van der Waals surface area contributed by atoms with Crippen molar-refractivity contribution < 1.29 is 5.11 Å². The zero-order valence-electron chi connectivity index (χ0n) is 9.14. The van der Waals surface area contributed by atoms with Gasteiger partial charge in [0.05, 0.1) is 12.6 Å². The van der Waals surface area contributed by atoms with E-state index in [2.05, 4.69) is 10.9 Å². The molecule has 80 valence electrons. The number of nitrogens with zero attached hydrogens (tertiary/aromatic N) is 2. The zero-order valence-corrected chi connectivity index (χ0v) is 9.14. The first-order chi connectivity index (χ1) is 7.19. The van der Waals surface area contributed by atoms with Crippen molar-refractivity contribution in [3.63, 3.8) is 0 Å². The van der Waals surface area contributed by atoms with Gasteiger partial charge in [-0.3, -0.25) is 0 Å². The Bertz CT molecular complexity index is 355. The van der Waals surface area contributed by atoms with Crippen molar-refractivity contribution in [1.82, 2.24) is 4.98 Å². The average Bonchev–Trinajstić information content (AvgIpc) is 2.26. The van der Waals surface area contributed by atoms with Crippen LogP contribution in [-0.2, 0) is 0 Å². The summed E-state index contributed by atoms with van der Waals surface area (Å²) in [5.74, 6) is 3.40. The van der Waals surface area contributed by atoms with Crippen LogP contribution in [0.2, 0.25) is 0 Å². The molecular weight excluding hydrogens is 188 g/mol. The highest BCUT2D eigenvalue weighted by Crippen LogP contribution is 2.17. The highest BCUT2D eigenvalue weighted by Gasteiger charge is 2.07. The van der Waals surface area contributed by atoms with Crippen LogP contribution >= 0.6 is 0 Å². The van der Waals surface area contributed by atoms with E-state index in [0.717, 1.165) is 17.9 Å². The number of terminal acetylenes is 1. The van der Waals surface area contributed by atoms with Gasteiger partial charge >= 0.3 is 0 Å². The monoisotopic (exact) mass is 204 g/mol. The van der Waals surface area contributed by atoms with Crippen molar-refractivity contribution in [3.8, 4) is 12.3 Å². The molecule has 0 aliphatic heterocycles. The molecule has 1 unspecified atom stereocenters. The van der Waals surface area contributed by atoms with E-state index in [1.165, 1.54) is 0 Å². The Hall–Kier alpha value is -1.53. The molecule has 15 heavy (non-hydrogen) atoms. The topological polar surface area (TPSA) is 36.4 Å². The smallest absolute Gasteiger partial charge is 0.129 e. The van der Waals surface area contributed by atoms with Crippen LogP contribution in [0.25, 0.3) is 0 Å². The minimum Gasteiger partial charge on any atom is -0.389 e. The fourth-order valence-corrected chi connectivity index (χ4v) is 1.33. The standard InChI is InChI=1S/C12H16N2O/c1-4-8-14(5-2)12-9-11(10(3)15)6-7-13-12/h1,6-7,9-10,15H,5,8H2,2-3H3. The summed E-state index contributed by atoms with van der Waals surface area (Å²) < 4.78 is 0. The molecule has 3 nitrogen and oxygen atoms in total. The first-order valence-electron chi connectivity index (χ1n) is 5.01. The Balaban J connectivity index is 2.93. The van der Waals surface area contributed by atoms with Crippen LogP contribution in [0, 0.1) is 12.3 Å². The van der Waals surface area contributed by atoms with Gasteiger partial charge in [0.25, 0.3) is 0 Å². The van der Waals surface area contributed by atoms with Crippen LogP contribution in [0.1, 0.15) is 25.5 Å². The van der Waals surface area contributed by atoms with Crippen LogP contribution in [0.3, 0.4) is 0 Å². The van der Waals surface area contributed by atoms with Crippen LogP contribution in [-0.4, -0.2) is 23.2 Å². The van der Waals surface area contributed by atoms with E-state index < -0.39 is 6.10 Å². The predicted molar refractivity (Wildman–Crippen MR) is 61.6 cm³/mol. The third-order valence-electron chi connectivity index (χ3n) is 2.24. The number of anilines is 1. The molecule has 1 aromatic heterocycles. The second kappa shape index (κ2) is 5.38. The van der Waals surface area contributed by atoms with Crippen LogP contribution in [0.15, 0.2) is 18.3 Å². The lowest BCUT2D eigenvalue weighted by molar-refractivity contribution is 0.199. The third kappa shape index (κ3) is 2.97. The lowest BCUT2D eigenvalue weighted by atomic mass is 10.1. The van der Waals surface area contributed by atoms with E-state index in [4.69, 9.17) is 6.42 Å². The average molecular weight is 204 g/mol. The van der Waals surface area contributed by atoms with Gasteiger partial charge in [-0.05, 0) is 31.5 Å². The molecule has 0 aliphatic carbocycles. The number of hydrogen-bond acceptors (Lipinski definition) is 3. The van der Waals surface area contributed by atoms with Crippen molar-refractivity contribution in [3.05, 3.63) is 23.9 Å². The lowest BCUT2D eigenvalue weighted by Crippen LogP contribution is -2.24. The molecule has 0 radical (unpaired) electrons. The number of pyridine rings is 1. The van der Waals surface area contributed by atoms with Gasteiger partial charge in [-0.15, -0.1) is 6.42 Å². The number of aliphatic hydroxyl groups is 1. The van der Waals surface area contributed by atoms with Gasteiger partial charge < -0.3 is 10.0 Å². The largest absolute Gasteiger partial charge is 0.389 e. The normalized spacial score (nSPS) is 11.9. The summed E-state index contributed by atoms with van der Waals surface area (Å²) in [7, 11) is 0. The molecule has 0 saturated heterocycles. The van der Waals surface area contributed by atoms with Gasteiger partial charge in [0, 0.05) is 12.7 Å². The second-order valence-corrected chi connectivity index (χ2v) is 3.34. The molecule has 3 heteroatoms. The maximum atomic E-state index is 9.45. The van der Waals surface area contributed by atoms with E-state index in [1.54, 1.807) is 19.2 Å². The molecule has 0 fully saturated rings. The van der Waals surface area contributed by atoms with Gasteiger partial charge in [-0.25, -0.2) is 4.98 Å². The first kappa shape index (κ1) is 11.5. The van der Waals surface area contributed by atoms with Crippen LogP contribution in [0.5, 0.6) is 0 Å². The van der Waals surface area contributed by atoms with Gasteiger partial charge in [0.2, 0.25) is 0 Å². The molecule has 0 aromatic carbocycles. The molecule has 1 atom stereocenters. The SMILES string of the molecule is C#CCN(CC)c1cc(C(C)O)ccn1. The minimum atomic E-state index is -0.476. The highest BCUT2D eigenvalue weighted by molar-refractivity contribution is 5.42. The van der Waals surface area contributed by atoms with Crippen molar-refractivity contribution in [1.29, 1.82) is 0 Å². The highest BCUT2D eigenvalue weighted by atomic mass is 16.3. The summed E-state index contributed by atoms with van der Waals surface area (Å²) in [6, 6.07) is 3.67. The van der Waals surface area contributed by atoms with Crippen molar-refractivity contribution >= 4 is 5.82 Å². The molecule has 1 rings (SSSR count). The third-order valence-corrected chi connectivity index (χ3v) is 2.24. The number of hydrogen-bond donors (Lipinski definition) is 1. The molecule has 0 bridgehead atoms. The summed E-state index contributed by atoms with van der Waals surface area (Å²) in [6.45, 7) is 5.10. The Morgan fingerprint density at radius 1 is 1.67 bits per heavy atom. The Morgan fingerprint density at radius 3 is 2.93 bits per heavy atom. The van der Waals surface area contributed by atoms with Crippen molar-refractivity contribution in [2.24, 2.45) is 0 Å².